The van der Waals surface area contributed by atoms with Crippen LogP contribution in [0, 0.1) is 11.8 Å². The zero-order chi connectivity index (χ0) is 32.3. The van der Waals surface area contributed by atoms with Crippen LogP contribution >= 0.6 is 0 Å². The van der Waals surface area contributed by atoms with E-state index in [1.165, 1.54) is 4.90 Å². The molecule has 0 saturated carbocycles. The number of aliphatic hydroxyl groups excluding tert-OH is 1. The Bertz CT molecular complexity index is 1340. The molecule has 46 heavy (non-hydrogen) atoms. The average molecular weight is 637 g/mol. The number of rotatable bonds is 7. The fraction of sp³-hybridized carbons (Fsp3) is 0.588. The van der Waals surface area contributed by atoms with E-state index in [0.29, 0.717) is 45.7 Å². The summed E-state index contributed by atoms with van der Waals surface area (Å²) in [5.74, 6) is -3.43. The summed E-state index contributed by atoms with van der Waals surface area (Å²) in [6.45, 7) is 5.80. The van der Waals surface area contributed by atoms with E-state index in [1.807, 2.05) is 49.4 Å². The number of benzene rings is 1. The number of fused-ring (bicyclic) bond motifs is 2. The molecule has 7 atom stereocenters. The predicted molar refractivity (Wildman–Crippen MR) is 166 cm³/mol. The maximum absolute atomic E-state index is 14.6. The Morgan fingerprint density at radius 3 is 2.57 bits per heavy atom. The molecule has 0 radical (unpaired) electrons. The number of carbonyl (C=O) groups is 4. The minimum atomic E-state index is -1.42. The van der Waals surface area contributed by atoms with Gasteiger partial charge in [0.15, 0.2) is 0 Å². The monoisotopic (exact) mass is 636 g/mol. The molecule has 0 aliphatic carbocycles. The number of esters is 1. The molecular weight excluding hydrogens is 592 g/mol. The summed E-state index contributed by atoms with van der Waals surface area (Å²) < 4.78 is 17.8. The molecule has 2 N–H and O–H groups in total. The van der Waals surface area contributed by atoms with E-state index in [1.54, 1.807) is 17.1 Å². The highest BCUT2D eigenvalue weighted by Gasteiger charge is 2.72. The molecule has 1 aromatic carbocycles. The van der Waals surface area contributed by atoms with Crippen LogP contribution in [0.1, 0.15) is 37.8 Å². The second-order valence-electron chi connectivity index (χ2n) is 12.6. The lowest BCUT2D eigenvalue weighted by Crippen LogP contribution is -2.58. The van der Waals surface area contributed by atoms with Crippen molar-refractivity contribution in [1.29, 1.82) is 0 Å². The van der Waals surface area contributed by atoms with E-state index in [4.69, 9.17) is 14.2 Å². The van der Waals surface area contributed by atoms with Crippen LogP contribution in [0.15, 0.2) is 54.6 Å². The molecule has 3 amide bonds. The lowest BCUT2D eigenvalue weighted by atomic mass is 9.77. The van der Waals surface area contributed by atoms with Crippen molar-refractivity contribution in [2.75, 3.05) is 59.2 Å². The molecule has 5 heterocycles. The van der Waals surface area contributed by atoms with E-state index in [0.717, 1.165) is 18.7 Å². The van der Waals surface area contributed by atoms with E-state index in [9.17, 15) is 24.3 Å². The fourth-order valence-electron chi connectivity index (χ4n) is 7.52. The summed E-state index contributed by atoms with van der Waals surface area (Å²) in [6.07, 6.45) is 7.32. The normalized spacial score (nSPS) is 33.6. The third-order valence-corrected chi connectivity index (χ3v) is 9.95. The number of morpholine rings is 1. The molecule has 5 aliphatic rings. The van der Waals surface area contributed by atoms with Gasteiger partial charge in [0.2, 0.25) is 17.7 Å². The van der Waals surface area contributed by atoms with Gasteiger partial charge >= 0.3 is 5.97 Å². The Balaban J connectivity index is 1.37. The van der Waals surface area contributed by atoms with E-state index >= 15 is 0 Å². The van der Waals surface area contributed by atoms with Crippen LogP contribution in [0.25, 0.3) is 0 Å². The van der Waals surface area contributed by atoms with Gasteiger partial charge in [-0.1, -0.05) is 61.6 Å². The second kappa shape index (κ2) is 14.0. The van der Waals surface area contributed by atoms with Crippen LogP contribution in [0.5, 0.6) is 0 Å². The largest absolute Gasteiger partial charge is 0.463 e. The van der Waals surface area contributed by atoms with Crippen LogP contribution in [0.2, 0.25) is 0 Å². The highest BCUT2D eigenvalue weighted by Crippen LogP contribution is 2.53. The first-order valence-corrected chi connectivity index (χ1v) is 16.4. The quantitative estimate of drug-likeness (QED) is 0.329. The SMILES string of the molecule is CC[C@@H](CO)N1C(=O)[C@@H]2[C@H]3C(=O)N[C@H](c4ccccc4)COC(=O)CC/C=C\[C@H]3O[C@@]23C=CCN(CCN2CCOCC2)C(=O)[C@@H]13. The van der Waals surface area contributed by atoms with Gasteiger partial charge in [-0.15, -0.1) is 0 Å². The lowest BCUT2D eigenvalue weighted by molar-refractivity contribution is -0.151. The summed E-state index contributed by atoms with van der Waals surface area (Å²) >= 11 is 0. The first-order valence-electron chi connectivity index (χ1n) is 16.4. The van der Waals surface area contributed by atoms with Gasteiger partial charge in [0.05, 0.1) is 49.8 Å². The zero-order valence-electron chi connectivity index (χ0n) is 26.3. The van der Waals surface area contributed by atoms with E-state index < -0.39 is 47.6 Å². The fourth-order valence-corrected chi connectivity index (χ4v) is 7.52. The first kappa shape index (κ1) is 32.4. The van der Waals surface area contributed by atoms with Gasteiger partial charge in [-0.2, -0.15) is 0 Å². The van der Waals surface area contributed by atoms with Gasteiger partial charge < -0.3 is 34.4 Å². The molecule has 0 aromatic heterocycles. The number of hydrogen-bond acceptors (Lipinski definition) is 9. The molecule has 1 spiro atoms. The third-order valence-electron chi connectivity index (χ3n) is 9.95. The number of allylic oxidation sites excluding steroid dienone is 1. The summed E-state index contributed by atoms with van der Waals surface area (Å²) in [6, 6.07) is 6.91. The molecule has 12 nitrogen and oxygen atoms in total. The van der Waals surface area contributed by atoms with E-state index in [-0.39, 0.29) is 37.4 Å². The number of carbonyl (C=O) groups excluding carboxylic acids is 4. The predicted octanol–water partition coefficient (Wildman–Crippen LogP) is 0.819. The smallest absolute Gasteiger partial charge is 0.306 e. The second-order valence-corrected chi connectivity index (χ2v) is 12.6. The van der Waals surface area contributed by atoms with Crippen LogP contribution < -0.4 is 5.32 Å². The Labute approximate surface area is 269 Å². The number of likely N-dealkylation sites (tertiary alicyclic amines) is 1. The topological polar surface area (TPSA) is 138 Å². The molecule has 3 fully saturated rings. The minimum absolute atomic E-state index is 0.0615. The van der Waals surface area contributed by atoms with Crippen molar-refractivity contribution in [1.82, 2.24) is 20.0 Å². The van der Waals surface area contributed by atoms with E-state index in [2.05, 4.69) is 10.2 Å². The molecule has 5 aliphatic heterocycles. The molecule has 0 bridgehead atoms. The van der Waals surface area contributed by atoms with Crippen molar-refractivity contribution in [3.05, 3.63) is 60.2 Å². The first-order chi connectivity index (χ1) is 22.4. The van der Waals surface area contributed by atoms with Crippen molar-refractivity contribution in [2.45, 2.75) is 56.0 Å². The van der Waals surface area contributed by atoms with Gasteiger partial charge in [0.25, 0.3) is 0 Å². The Kier molecular flexibility index (Phi) is 9.88. The van der Waals surface area contributed by atoms with Gasteiger partial charge in [-0.05, 0) is 18.4 Å². The van der Waals surface area contributed by atoms with Crippen LogP contribution in [0.4, 0.5) is 0 Å². The van der Waals surface area contributed by atoms with Crippen LogP contribution in [-0.4, -0.2) is 126 Å². The lowest BCUT2D eigenvalue weighted by Gasteiger charge is -2.38. The zero-order valence-corrected chi connectivity index (χ0v) is 26.3. The summed E-state index contributed by atoms with van der Waals surface area (Å²) in [7, 11) is 0. The highest BCUT2D eigenvalue weighted by molar-refractivity contribution is 6.00. The van der Waals surface area contributed by atoms with Crippen molar-refractivity contribution in [3.8, 4) is 0 Å². The molecular formula is C34H44N4O8. The Hall–Kier alpha value is -3.58. The van der Waals surface area contributed by atoms with Gasteiger partial charge in [0.1, 0.15) is 18.2 Å². The summed E-state index contributed by atoms with van der Waals surface area (Å²) in [5.41, 5.74) is -0.665. The van der Waals surface area contributed by atoms with Gasteiger partial charge in [-0.3, -0.25) is 24.1 Å². The van der Waals surface area contributed by atoms with Crippen molar-refractivity contribution in [3.63, 3.8) is 0 Å². The van der Waals surface area contributed by atoms with Crippen LogP contribution in [0.3, 0.4) is 0 Å². The number of aliphatic hydroxyl groups is 1. The molecule has 3 saturated heterocycles. The number of nitrogens with one attached hydrogen (secondary N) is 1. The average Bonchev–Trinajstić information content (AvgIpc) is 3.46. The summed E-state index contributed by atoms with van der Waals surface area (Å²) in [4.78, 5) is 61.4. The number of hydrogen-bond donors (Lipinski definition) is 2. The maximum Gasteiger partial charge on any atom is 0.306 e. The molecule has 248 valence electrons. The minimum Gasteiger partial charge on any atom is -0.463 e. The maximum atomic E-state index is 14.6. The van der Waals surface area contributed by atoms with Crippen molar-refractivity contribution >= 4 is 23.7 Å². The van der Waals surface area contributed by atoms with Crippen molar-refractivity contribution in [2.24, 2.45) is 11.8 Å². The molecule has 6 rings (SSSR count). The number of amides is 3. The number of cyclic esters (lactones) is 1. The Morgan fingerprint density at radius 2 is 1.83 bits per heavy atom. The highest BCUT2D eigenvalue weighted by atomic mass is 16.5. The number of ether oxygens (including phenoxy) is 3. The third kappa shape index (κ3) is 6.11. The van der Waals surface area contributed by atoms with Gasteiger partial charge in [0, 0.05) is 39.1 Å². The van der Waals surface area contributed by atoms with Crippen molar-refractivity contribution < 1.29 is 38.5 Å². The standard InChI is InChI=1S/C34H44N4O8/c1-2-24(21-39)38-30-33(43)37(16-15-36-17-19-44-20-18-36)14-8-13-34(30)29(32(38)42)28-26(46-34)11-6-7-12-27(40)45-22-25(35-31(28)41)23-9-4-3-5-10-23/h3-6,8-11,13,24-26,28-30,39H,2,7,12,14-22H2,1H3,(H,35,41)/b11-6-/t24-,25-,26+,28-,29-,30+,34-/m0/s1. The Morgan fingerprint density at radius 1 is 1.04 bits per heavy atom. The number of nitrogens with zero attached hydrogens (tertiary/aromatic N) is 3. The molecule has 0 unspecified atom stereocenters. The molecule has 12 heteroatoms. The van der Waals surface area contributed by atoms with Gasteiger partial charge in [-0.25, -0.2) is 0 Å². The molecule has 1 aromatic rings. The summed E-state index contributed by atoms with van der Waals surface area (Å²) in [5, 5.41) is 13.4. The van der Waals surface area contributed by atoms with Crippen LogP contribution in [-0.2, 0) is 33.4 Å².